The number of carbonyl (C=O) groups excluding carboxylic acids is 2. The largest absolute Gasteiger partial charge is 0.503 e. The summed E-state index contributed by atoms with van der Waals surface area (Å²) in [6.07, 6.45) is 0. The number of anilines is 1. The Labute approximate surface area is 155 Å². The smallest absolute Gasteiger partial charge is 0.294 e. The van der Waals surface area contributed by atoms with Gasteiger partial charge in [-0.15, -0.1) is 0 Å². The highest BCUT2D eigenvalue weighted by atomic mass is 35.5. The standard InChI is InChI=1S/C20H17ClFNO3/c1-11(2)18(24)16-17(12-6-8-14(22)9-7-12)23(20(26)19(16)25)15-5-3-4-13(21)10-15/h3-11,17,25H,1-2H3. The maximum atomic E-state index is 13.4. The van der Waals surface area contributed by atoms with Crippen LogP contribution in [0, 0.1) is 11.7 Å². The summed E-state index contributed by atoms with van der Waals surface area (Å²) in [7, 11) is 0. The molecule has 0 fully saturated rings. The predicted molar refractivity (Wildman–Crippen MR) is 97.6 cm³/mol. The number of Topliss-reactive ketones (excluding diaryl/α,β-unsaturated/α-hetero) is 1. The fraction of sp³-hybridized carbons (Fsp3) is 0.200. The van der Waals surface area contributed by atoms with Gasteiger partial charge >= 0.3 is 0 Å². The average Bonchev–Trinajstić information content (AvgIpc) is 2.86. The zero-order chi connectivity index (χ0) is 19.0. The number of halogens is 2. The number of benzene rings is 2. The van der Waals surface area contributed by atoms with E-state index >= 15 is 0 Å². The van der Waals surface area contributed by atoms with Crippen molar-refractivity contribution in [1.82, 2.24) is 0 Å². The number of carbonyl (C=O) groups is 2. The Balaban J connectivity index is 2.19. The minimum Gasteiger partial charge on any atom is -0.503 e. The number of aliphatic hydroxyl groups is 1. The zero-order valence-corrected chi connectivity index (χ0v) is 15.0. The van der Waals surface area contributed by atoms with E-state index in [1.807, 2.05) is 0 Å². The number of aliphatic hydroxyl groups excluding tert-OH is 1. The van der Waals surface area contributed by atoms with Crippen molar-refractivity contribution in [1.29, 1.82) is 0 Å². The highest BCUT2D eigenvalue weighted by Gasteiger charge is 2.44. The van der Waals surface area contributed by atoms with E-state index in [0.29, 0.717) is 16.3 Å². The van der Waals surface area contributed by atoms with Crippen molar-refractivity contribution < 1.29 is 19.1 Å². The third-order valence-corrected chi connectivity index (χ3v) is 4.51. The van der Waals surface area contributed by atoms with Crippen LogP contribution >= 0.6 is 11.6 Å². The van der Waals surface area contributed by atoms with Crippen molar-refractivity contribution in [2.45, 2.75) is 19.9 Å². The summed E-state index contributed by atoms with van der Waals surface area (Å²) in [6.45, 7) is 3.38. The van der Waals surface area contributed by atoms with Crippen LogP contribution in [-0.4, -0.2) is 16.8 Å². The third-order valence-electron chi connectivity index (χ3n) is 4.27. The Hall–Kier alpha value is -2.66. The van der Waals surface area contributed by atoms with Gasteiger partial charge in [0.1, 0.15) is 5.82 Å². The second-order valence-corrected chi connectivity index (χ2v) is 6.83. The maximum absolute atomic E-state index is 13.4. The van der Waals surface area contributed by atoms with Gasteiger partial charge in [0.2, 0.25) is 0 Å². The molecule has 134 valence electrons. The molecule has 1 aliphatic heterocycles. The molecule has 3 rings (SSSR count). The number of amides is 1. The minimum absolute atomic E-state index is 0.0107. The fourth-order valence-electron chi connectivity index (χ4n) is 3.02. The molecule has 2 aromatic rings. The Morgan fingerprint density at radius 2 is 1.85 bits per heavy atom. The van der Waals surface area contributed by atoms with Crippen LogP contribution in [0.1, 0.15) is 25.5 Å². The van der Waals surface area contributed by atoms with Crippen molar-refractivity contribution in [3.63, 3.8) is 0 Å². The lowest BCUT2D eigenvalue weighted by molar-refractivity contribution is -0.119. The molecule has 6 heteroatoms. The first-order chi connectivity index (χ1) is 12.3. The molecule has 1 unspecified atom stereocenters. The van der Waals surface area contributed by atoms with Crippen LogP contribution in [0.25, 0.3) is 0 Å². The van der Waals surface area contributed by atoms with Gasteiger partial charge in [-0.3, -0.25) is 14.5 Å². The van der Waals surface area contributed by atoms with E-state index in [9.17, 15) is 19.1 Å². The van der Waals surface area contributed by atoms with Crippen LogP contribution in [0.15, 0.2) is 59.9 Å². The van der Waals surface area contributed by atoms with Crippen molar-refractivity contribution >= 4 is 29.0 Å². The van der Waals surface area contributed by atoms with Crippen molar-refractivity contribution in [2.75, 3.05) is 4.90 Å². The van der Waals surface area contributed by atoms with Crippen LogP contribution in [-0.2, 0) is 9.59 Å². The van der Waals surface area contributed by atoms with Crippen LogP contribution in [0.3, 0.4) is 0 Å². The van der Waals surface area contributed by atoms with Gasteiger partial charge in [0, 0.05) is 16.6 Å². The molecule has 0 radical (unpaired) electrons. The van der Waals surface area contributed by atoms with Gasteiger partial charge in [0.05, 0.1) is 11.6 Å². The zero-order valence-electron chi connectivity index (χ0n) is 14.2. The summed E-state index contributed by atoms with van der Waals surface area (Å²) in [5.74, 6) is -2.46. The van der Waals surface area contributed by atoms with E-state index in [-0.39, 0.29) is 11.4 Å². The monoisotopic (exact) mass is 373 g/mol. The SMILES string of the molecule is CC(C)C(=O)C1=C(O)C(=O)N(c2cccc(Cl)c2)C1c1ccc(F)cc1. The summed E-state index contributed by atoms with van der Waals surface area (Å²) in [6, 6.07) is 11.2. The maximum Gasteiger partial charge on any atom is 0.294 e. The lowest BCUT2D eigenvalue weighted by Gasteiger charge is -2.27. The van der Waals surface area contributed by atoms with Gasteiger partial charge < -0.3 is 5.11 Å². The molecular formula is C20H17ClFNO3. The van der Waals surface area contributed by atoms with Gasteiger partial charge in [-0.1, -0.05) is 43.6 Å². The molecule has 0 saturated carbocycles. The third kappa shape index (κ3) is 3.10. The molecule has 2 aromatic carbocycles. The molecule has 1 heterocycles. The summed E-state index contributed by atoms with van der Waals surface area (Å²) in [4.78, 5) is 26.8. The molecule has 1 amide bonds. The van der Waals surface area contributed by atoms with E-state index < -0.39 is 29.4 Å². The Bertz CT molecular complexity index is 906. The van der Waals surface area contributed by atoms with E-state index in [1.165, 1.54) is 29.2 Å². The summed E-state index contributed by atoms with van der Waals surface area (Å²) < 4.78 is 13.4. The van der Waals surface area contributed by atoms with Crippen LogP contribution in [0.4, 0.5) is 10.1 Å². The minimum atomic E-state index is -0.850. The number of nitrogens with zero attached hydrogens (tertiary/aromatic N) is 1. The molecule has 0 aromatic heterocycles. The van der Waals surface area contributed by atoms with E-state index in [0.717, 1.165) is 0 Å². The molecule has 1 aliphatic rings. The number of hydrogen-bond donors (Lipinski definition) is 1. The van der Waals surface area contributed by atoms with E-state index in [2.05, 4.69) is 0 Å². The van der Waals surface area contributed by atoms with Gasteiger partial charge in [-0.05, 0) is 35.9 Å². The van der Waals surface area contributed by atoms with Crippen molar-refractivity contribution in [3.05, 3.63) is 76.3 Å². The highest BCUT2D eigenvalue weighted by Crippen LogP contribution is 2.42. The average molecular weight is 374 g/mol. The predicted octanol–water partition coefficient (Wildman–Crippen LogP) is 4.60. The Kier molecular flexibility index (Phi) is 4.83. The molecule has 1 N–H and O–H groups in total. The lowest BCUT2D eigenvalue weighted by atomic mass is 9.91. The fourth-order valence-corrected chi connectivity index (χ4v) is 3.21. The molecular weight excluding hydrogens is 357 g/mol. The first kappa shape index (κ1) is 18.1. The Morgan fingerprint density at radius 3 is 2.42 bits per heavy atom. The molecule has 0 aliphatic carbocycles. The van der Waals surface area contributed by atoms with Crippen molar-refractivity contribution in [2.24, 2.45) is 5.92 Å². The van der Waals surface area contributed by atoms with Crippen molar-refractivity contribution in [3.8, 4) is 0 Å². The van der Waals surface area contributed by atoms with Gasteiger partial charge in [0.25, 0.3) is 5.91 Å². The first-order valence-electron chi connectivity index (χ1n) is 8.13. The lowest BCUT2D eigenvalue weighted by Crippen LogP contribution is -2.31. The quantitative estimate of drug-likeness (QED) is 0.851. The second-order valence-electron chi connectivity index (χ2n) is 6.39. The van der Waals surface area contributed by atoms with E-state index in [4.69, 9.17) is 11.6 Å². The number of rotatable bonds is 4. The van der Waals surface area contributed by atoms with Gasteiger partial charge in [0.15, 0.2) is 11.5 Å². The van der Waals surface area contributed by atoms with E-state index in [1.54, 1.807) is 38.1 Å². The van der Waals surface area contributed by atoms with Gasteiger partial charge in [-0.2, -0.15) is 0 Å². The molecule has 0 bridgehead atoms. The first-order valence-corrected chi connectivity index (χ1v) is 8.51. The molecule has 26 heavy (non-hydrogen) atoms. The number of ketones is 1. The Morgan fingerprint density at radius 1 is 1.19 bits per heavy atom. The summed E-state index contributed by atoms with van der Waals surface area (Å²) >= 11 is 6.04. The summed E-state index contributed by atoms with van der Waals surface area (Å²) in [5.41, 5.74) is 0.972. The van der Waals surface area contributed by atoms with Crippen LogP contribution in [0.2, 0.25) is 5.02 Å². The van der Waals surface area contributed by atoms with Crippen LogP contribution < -0.4 is 4.90 Å². The highest BCUT2D eigenvalue weighted by molar-refractivity contribution is 6.31. The molecule has 1 atom stereocenters. The molecule has 0 saturated heterocycles. The normalized spacial score (nSPS) is 17.3. The second kappa shape index (κ2) is 6.92. The van der Waals surface area contributed by atoms with Crippen LogP contribution in [0.5, 0.6) is 0 Å². The van der Waals surface area contributed by atoms with Gasteiger partial charge in [-0.25, -0.2) is 4.39 Å². The summed E-state index contributed by atoms with van der Waals surface area (Å²) in [5, 5.41) is 10.8. The number of hydrogen-bond acceptors (Lipinski definition) is 3. The molecule has 0 spiro atoms. The molecule has 4 nitrogen and oxygen atoms in total. The topological polar surface area (TPSA) is 57.6 Å².